The molecule has 1 aliphatic rings. The number of aryl methyl sites for hydroxylation is 1. The predicted molar refractivity (Wildman–Crippen MR) is 59.3 cm³/mol. The van der Waals surface area contributed by atoms with E-state index in [9.17, 15) is 8.42 Å². The number of rotatable bonds is 2. The van der Waals surface area contributed by atoms with Crippen molar-refractivity contribution in [3.63, 3.8) is 0 Å². The zero-order valence-corrected chi connectivity index (χ0v) is 9.75. The molecule has 0 amide bonds. The SMILES string of the molecule is O=S(=O)(Cl)Cc1cccc2c1SCC2. The van der Waals surface area contributed by atoms with E-state index in [0.29, 0.717) is 0 Å². The molecule has 2 rings (SSSR count). The van der Waals surface area contributed by atoms with Gasteiger partial charge in [0.2, 0.25) is 9.05 Å². The summed E-state index contributed by atoms with van der Waals surface area (Å²) in [5, 5.41) is 0. The molecule has 0 unspecified atom stereocenters. The van der Waals surface area contributed by atoms with Crippen LogP contribution in [0.4, 0.5) is 0 Å². The molecule has 1 aromatic carbocycles. The molecule has 1 heterocycles. The molecule has 5 heteroatoms. The van der Waals surface area contributed by atoms with E-state index in [1.807, 2.05) is 18.2 Å². The van der Waals surface area contributed by atoms with E-state index in [0.717, 1.165) is 22.6 Å². The molecule has 76 valence electrons. The van der Waals surface area contributed by atoms with Crippen molar-refractivity contribution in [2.45, 2.75) is 17.1 Å². The molecule has 0 spiro atoms. The molecule has 1 aliphatic heterocycles. The maximum absolute atomic E-state index is 11.0. The Kier molecular flexibility index (Phi) is 2.77. The molecule has 0 radical (unpaired) electrons. The van der Waals surface area contributed by atoms with Crippen LogP contribution >= 0.6 is 22.4 Å². The van der Waals surface area contributed by atoms with Crippen molar-refractivity contribution in [3.05, 3.63) is 29.3 Å². The molecule has 14 heavy (non-hydrogen) atoms. The average molecular weight is 249 g/mol. The molecule has 0 aliphatic carbocycles. The van der Waals surface area contributed by atoms with Crippen molar-refractivity contribution in [3.8, 4) is 0 Å². The molecule has 0 aromatic heterocycles. The third-order valence-corrected chi connectivity index (χ3v) is 4.33. The van der Waals surface area contributed by atoms with Gasteiger partial charge in [0, 0.05) is 21.3 Å². The molecule has 0 atom stereocenters. The fourth-order valence-corrected chi connectivity index (χ4v) is 3.85. The van der Waals surface area contributed by atoms with Gasteiger partial charge in [-0.05, 0) is 17.5 Å². The van der Waals surface area contributed by atoms with Gasteiger partial charge in [0.15, 0.2) is 0 Å². The summed E-state index contributed by atoms with van der Waals surface area (Å²) in [6.45, 7) is 0. The highest BCUT2D eigenvalue weighted by Gasteiger charge is 2.18. The van der Waals surface area contributed by atoms with E-state index >= 15 is 0 Å². The molecular weight excluding hydrogens is 240 g/mol. The van der Waals surface area contributed by atoms with Crippen LogP contribution in [0.5, 0.6) is 0 Å². The third-order valence-electron chi connectivity index (χ3n) is 2.12. The van der Waals surface area contributed by atoms with Gasteiger partial charge in [0.1, 0.15) is 0 Å². The quantitative estimate of drug-likeness (QED) is 0.754. The number of halogens is 1. The molecule has 0 N–H and O–H groups in total. The lowest BCUT2D eigenvalue weighted by Crippen LogP contribution is -1.97. The minimum atomic E-state index is -3.44. The molecular formula is C9H9ClO2S2. The minimum Gasteiger partial charge on any atom is -0.212 e. The molecule has 1 aromatic rings. The van der Waals surface area contributed by atoms with Gasteiger partial charge < -0.3 is 0 Å². The first-order chi connectivity index (χ1) is 6.56. The Morgan fingerprint density at radius 3 is 2.93 bits per heavy atom. The minimum absolute atomic E-state index is 0.0648. The lowest BCUT2D eigenvalue weighted by molar-refractivity contribution is 0.608. The summed E-state index contributed by atoms with van der Waals surface area (Å²) < 4.78 is 21.9. The van der Waals surface area contributed by atoms with Gasteiger partial charge in [-0.3, -0.25) is 0 Å². The van der Waals surface area contributed by atoms with E-state index < -0.39 is 9.05 Å². The highest BCUT2D eigenvalue weighted by atomic mass is 35.7. The maximum Gasteiger partial charge on any atom is 0.236 e. The zero-order valence-electron chi connectivity index (χ0n) is 7.36. The van der Waals surface area contributed by atoms with Crippen LogP contribution in [0, 0.1) is 0 Å². The van der Waals surface area contributed by atoms with Gasteiger partial charge in [-0.2, -0.15) is 0 Å². The van der Waals surface area contributed by atoms with E-state index in [-0.39, 0.29) is 5.75 Å². The Balaban J connectivity index is 2.40. The Bertz CT molecular complexity index is 454. The fourth-order valence-electron chi connectivity index (χ4n) is 1.58. The smallest absolute Gasteiger partial charge is 0.212 e. The number of thioether (sulfide) groups is 1. The number of hydrogen-bond acceptors (Lipinski definition) is 3. The number of benzene rings is 1. The van der Waals surface area contributed by atoms with Gasteiger partial charge in [-0.1, -0.05) is 18.2 Å². The summed E-state index contributed by atoms with van der Waals surface area (Å²) in [6.07, 6.45) is 1.02. The molecule has 0 fully saturated rings. The fraction of sp³-hybridized carbons (Fsp3) is 0.333. The summed E-state index contributed by atoms with van der Waals surface area (Å²) in [6, 6.07) is 5.76. The molecule has 2 nitrogen and oxygen atoms in total. The van der Waals surface area contributed by atoms with Crippen LogP contribution in [0.1, 0.15) is 11.1 Å². The van der Waals surface area contributed by atoms with Gasteiger partial charge in [0.25, 0.3) is 0 Å². The normalized spacial score (nSPS) is 15.5. The molecule has 0 bridgehead atoms. The Labute approximate surface area is 92.1 Å². The summed E-state index contributed by atoms with van der Waals surface area (Å²) in [7, 11) is 1.79. The summed E-state index contributed by atoms with van der Waals surface area (Å²) in [4.78, 5) is 1.11. The van der Waals surface area contributed by atoms with E-state index in [1.165, 1.54) is 5.56 Å². The van der Waals surface area contributed by atoms with Gasteiger partial charge in [-0.15, -0.1) is 11.8 Å². The zero-order chi connectivity index (χ0) is 10.2. The van der Waals surface area contributed by atoms with Crippen LogP contribution in [0.25, 0.3) is 0 Å². The van der Waals surface area contributed by atoms with Crippen molar-refractivity contribution in [2.75, 3.05) is 5.75 Å². The second-order valence-corrected chi connectivity index (χ2v) is 7.07. The summed E-state index contributed by atoms with van der Waals surface area (Å²) >= 11 is 1.71. The first-order valence-electron chi connectivity index (χ1n) is 4.22. The highest BCUT2D eigenvalue weighted by Crippen LogP contribution is 2.35. The van der Waals surface area contributed by atoms with E-state index in [4.69, 9.17) is 10.7 Å². The van der Waals surface area contributed by atoms with E-state index in [1.54, 1.807) is 11.8 Å². The lowest BCUT2D eigenvalue weighted by Gasteiger charge is -2.04. The lowest BCUT2D eigenvalue weighted by atomic mass is 10.1. The van der Waals surface area contributed by atoms with Crippen molar-refractivity contribution >= 4 is 31.5 Å². The van der Waals surface area contributed by atoms with Gasteiger partial charge in [-0.25, -0.2) is 8.42 Å². The predicted octanol–water partition coefficient (Wildman–Crippen LogP) is 2.40. The van der Waals surface area contributed by atoms with Crippen molar-refractivity contribution in [2.24, 2.45) is 0 Å². The van der Waals surface area contributed by atoms with Gasteiger partial charge >= 0.3 is 0 Å². The molecule has 0 saturated heterocycles. The third kappa shape index (κ3) is 2.24. The second kappa shape index (κ2) is 3.76. The van der Waals surface area contributed by atoms with Crippen molar-refractivity contribution < 1.29 is 8.42 Å². The highest BCUT2D eigenvalue weighted by molar-refractivity contribution is 8.13. The number of hydrogen-bond donors (Lipinski definition) is 0. The summed E-state index contributed by atoms with van der Waals surface area (Å²) in [5.74, 6) is 0.972. The second-order valence-electron chi connectivity index (χ2n) is 3.19. The first-order valence-corrected chi connectivity index (χ1v) is 7.68. The topological polar surface area (TPSA) is 34.1 Å². The van der Waals surface area contributed by atoms with Crippen LogP contribution in [0.15, 0.2) is 23.1 Å². The van der Waals surface area contributed by atoms with Crippen molar-refractivity contribution in [1.82, 2.24) is 0 Å². The standard InChI is InChI=1S/C9H9ClO2S2/c10-14(11,12)6-8-3-1-2-7-4-5-13-9(7)8/h1-3H,4-6H2. The van der Waals surface area contributed by atoms with Crippen LogP contribution in [-0.2, 0) is 21.2 Å². The van der Waals surface area contributed by atoms with Crippen LogP contribution in [-0.4, -0.2) is 14.2 Å². The Morgan fingerprint density at radius 2 is 2.21 bits per heavy atom. The van der Waals surface area contributed by atoms with Crippen molar-refractivity contribution in [1.29, 1.82) is 0 Å². The summed E-state index contributed by atoms with van der Waals surface area (Å²) in [5.41, 5.74) is 2.08. The molecule has 0 saturated carbocycles. The monoisotopic (exact) mass is 248 g/mol. The Hall–Kier alpha value is -0.190. The number of fused-ring (bicyclic) bond motifs is 1. The van der Waals surface area contributed by atoms with Gasteiger partial charge in [0.05, 0.1) is 5.75 Å². The van der Waals surface area contributed by atoms with Crippen LogP contribution in [0.2, 0.25) is 0 Å². The first kappa shape index (κ1) is 10.3. The maximum atomic E-state index is 11.0. The Morgan fingerprint density at radius 1 is 1.43 bits per heavy atom. The van der Waals surface area contributed by atoms with Crippen LogP contribution in [0.3, 0.4) is 0 Å². The van der Waals surface area contributed by atoms with Crippen LogP contribution < -0.4 is 0 Å². The van der Waals surface area contributed by atoms with E-state index in [2.05, 4.69) is 0 Å². The average Bonchev–Trinajstić information content (AvgIpc) is 2.49. The largest absolute Gasteiger partial charge is 0.236 e.